The molecule has 0 aliphatic rings. The van der Waals surface area contributed by atoms with Crippen molar-refractivity contribution in [1.82, 2.24) is 9.97 Å². The number of aromatic amines is 1. The Bertz CT molecular complexity index is 435. The quantitative estimate of drug-likeness (QED) is 0.638. The molecule has 0 unspecified atom stereocenters. The summed E-state index contributed by atoms with van der Waals surface area (Å²) in [4.78, 5) is 18.1. The molecule has 0 fully saturated rings. The van der Waals surface area contributed by atoms with Crippen LogP contribution in [0.1, 0.15) is 10.4 Å². The molecule has 2 aromatic rings. The van der Waals surface area contributed by atoms with Crippen molar-refractivity contribution in [2.45, 2.75) is 0 Å². The topological polar surface area (TPSA) is 45.8 Å². The van der Waals surface area contributed by atoms with Crippen molar-refractivity contribution < 1.29 is 4.79 Å². The van der Waals surface area contributed by atoms with Crippen LogP contribution >= 0.6 is 22.6 Å². The maximum Gasteiger partial charge on any atom is 0.224 e. The molecule has 2 heterocycles. The standard InChI is InChI=1S/C8H5IN2O/c9-7(12)6-4-11-8-5(6)2-1-3-10-8/h1-4H,(H,10,11). The van der Waals surface area contributed by atoms with Gasteiger partial charge in [-0.05, 0) is 12.1 Å². The molecule has 0 radical (unpaired) electrons. The lowest BCUT2D eigenvalue weighted by Crippen LogP contribution is -1.83. The Morgan fingerprint density at radius 2 is 2.42 bits per heavy atom. The lowest BCUT2D eigenvalue weighted by molar-refractivity contribution is 0.110. The third-order valence-corrected chi connectivity index (χ3v) is 2.24. The van der Waals surface area contributed by atoms with Gasteiger partial charge in [-0.15, -0.1) is 0 Å². The molecule has 0 bridgehead atoms. The summed E-state index contributed by atoms with van der Waals surface area (Å²) in [6, 6.07) is 3.70. The molecule has 0 aliphatic heterocycles. The van der Waals surface area contributed by atoms with Gasteiger partial charge in [-0.25, -0.2) is 4.98 Å². The third-order valence-electron chi connectivity index (χ3n) is 1.66. The van der Waals surface area contributed by atoms with Crippen LogP contribution in [0.4, 0.5) is 0 Å². The molecule has 0 aliphatic carbocycles. The molecule has 0 amide bonds. The van der Waals surface area contributed by atoms with Crippen LogP contribution in [0.2, 0.25) is 0 Å². The minimum absolute atomic E-state index is 0.0341. The highest BCUT2D eigenvalue weighted by Crippen LogP contribution is 2.17. The van der Waals surface area contributed by atoms with Crippen LogP contribution < -0.4 is 0 Å². The summed E-state index contributed by atoms with van der Waals surface area (Å²) < 4.78 is 0.0341. The molecular formula is C8H5IN2O. The van der Waals surface area contributed by atoms with Crippen molar-refractivity contribution in [3.63, 3.8) is 0 Å². The number of fused-ring (bicyclic) bond motifs is 1. The summed E-state index contributed by atoms with van der Waals surface area (Å²) in [5.74, 6) is 0. The number of pyridine rings is 1. The SMILES string of the molecule is O=C(I)c1c[nH]c2ncccc12. The van der Waals surface area contributed by atoms with E-state index in [2.05, 4.69) is 9.97 Å². The fourth-order valence-corrected chi connectivity index (χ4v) is 1.56. The zero-order chi connectivity index (χ0) is 8.55. The summed E-state index contributed by atoms with van der Waals surface area (Å²) in [7, 11) is 0. The zero-order valence-corrected chi connectivity index (χ0v) is 8.20. The smallest absolute Gasteiger partial charge is 0.224 e. The molecular weight excluding hydrogens is 267 g/mol. The van der Waals surface area contributed by atoms with E-state index in [-0.39, 0.29) is 3.79 Å². The van der Waals surface area contributed by atoms with Crippen molar-refractivity contribution >= 4 is 37.4 Å². The van der Waals surface area contributed by atoms with Crippen LogP contribution in [-0.4, -0.2) is 13.8 Å². The second-order valence-electron chi connectivity index (χ2n) is 2.38. The van der Waals surface area contributed by atoms with E-state index in [9.17, 15) is 4.79 Å². The van der Waals surface area contributed by atoms with Crippen molar-refractivity contribution in [2.75, 3.05) is 0 Å². The van der Waals surface area contributed by atoms with E-state index in [1.807, 2.05) is 12.1 Å². The third kappa shape index (κ3) is 1.12. The average Bonchev–Trinajstić information content (AvgIpc) is 2.47. The maximum absolute atomic E-state index is 11.1. The number of hydrogen-bond donors (Lipinski definition) is 1. The van der Waals surface area contributed by atoms with E-state index in [1.54, 1.807) is 35.0 Å². The van der Waals surface area contributed by atoms with Crippen LogP contribution in [0.25, 0.3) is 11.0 Å². The number of rotatable bonds is 1. The first-order valence-electron chi connectivity index (χ1n) is 3.41. The van der Waals surface area contributed by atoms with Crippen molar-refractivity contribution in [1.29, 1.82) is 0 Å². The average molecular weight is 272 g/mol. The second kappa shape index (κ2) is 2.85. The summed E-state index contributed by atoms with van der Waals surface area (Å²) in [5, 5.41) is 0.886. The molecule has 2 rings (SSSR count). The number of H-pyrrole nitrogens is 1. The molecule has 3 nitrogen and oxygen atoms in total. The molecule has 0 saturated heterocycles. The van der Waals surface area contributed by atoms with Gasteiger partial charge in [0.2, 0.25) is 3.79 Å². The number of carbonyl (C=O) groups excluding carboxylic acids is 1. The van der Waals surface area contributed by atoms with Crippen LogP contribution in [0.5, 0.6) is 0 Å². The fraction of sp³-hybridized carbons (Fsp3) is 0. The van der Waals surface area contributed by atoms with Crippen molar-refractivity contribution in [2.24, 2.45) is 0 Å². The summed E-state index contributed by atoms with van der Waals surface area (Å²) in [6.07, 6.45) is 3.38. The lowest BCUT2D eigenvalue weighted by Gasteiger charge is -1.88. The highest BCUT2D eigenvalue weighted by atomic mass is 127. The number of hydrogen-bond acceptors (Lipinski definition) is 2. The molecule has 0 spiro atoms. The minimum atomic E-state index is 0.0341. The van der Waals surface area contributed by atoms with Gasteiger partial charge in [0.1, 0.15) is 5.65 Å². The molecule has 1 N–H and O–H groups in total. The predicted molar refractivity (Wildman–Crippen MR) is 54.4 cm³/mol. The molecule has 4 heteroatoms. The highest BCUT2D eigenvalue weighted by Gasteiger charge is 2.07. The normalized spacial score (nSPS) is 10.4. The van der Waals surface area contributed by atoms with Crippen LogP contribution in [0.15, 0.2) is 24.5 Å². The van der Waals surface area contributed by atoms with Gasteiger partial charge in [0.05, 0.1) is 5.56 Å². The first kappa shape index (κ1) is 7.72. The Morgan fingerprint density at radius 1 is 1.58 bits per heavy atom. The maximum atomic E-state index is 11.1. The first-order chi connectivity index (χ1) is 5.79. The van der Waals surface area contributed by atoms with Crippen LogP contribution in [-0.2, 0) is 0 Å². The number of halogens is 1. The number of carbonyl (C=O) groups is 1. The second-order valence-corrected chi connectivity index (χ2v) is 3.36. The molecule has 60 valence electrons. The number of aromatic nitrogens is 2. The highest BCUT2D eigenvalue weighted by molar-refractivity contribution is 14.1. The van der Waals surface area contributed by atoms with E-state index >= 15 is 0 Å². The van der Waals surface area contributed by atoms with Gasteiger partial charge in [0, 0.05) is 40.4 Å². The zero-order valence-electron chi connectivity index (χ0n) is 6.04. The van der Waals surface area contributed by atoms with Gasteiger partial charge in [0.25, 0.3) is 0 Å². The van der Waals surface area contributed by atoms with E-state index in [0.717, 1.165) is 11.0 Å². The van der Waals surface area contributed by atoms with E-state index < -0.39 is 0 Å². The Hall–Kier alpha value is -0.910. The summed E-state index contributed by atoms with van der Waals surface area (Å²) >= 11 is 1.77. The Kier molecular flexibility index (Phi) is 1.84. The van der Waals surface area contributed by atoms with Gasteiger partial charge in [0.15, 0.2) is 0 Å². The van der Waals surface area contributed by atoms with Gasteiger partial charge in [-0.1, -0.05) is 0 Å². The molecule has 0 saturated carbocycles. The van der Waals surface area contributed by atoms with Crippen LogP contribution in [0.3, 0.4) is 0 Å². The van der Waals surface area contributed by atoms with Gasteiger partial charge >= 0.3 is 0 Å². The van der Waals surface area contributed by atoms with Crippen LogP contribution in [0, 0.1) is 0 Å². The van der Waals surface area contributed by atoms with E-state index in [0.29, 0.717) is 5.56 Å². The van der Waals surface area contributed by atoms with Crippen molar-refractivity contribution in [3.05, 3.63) is 30.1 Å². The Balaban J connectivity index is 2.79. The van der Waals surface area contributed by atoms with Gasteiger partial charge < -0.3 is 4.98 Å². The first-order valence-corrected chi connectivity index (χ1v) is 4.49. The molecule has 12 heavy (non-hydrogen) atoms. The fourth-order valence-electron chi connectivity index (χ4n) is 1.12. The summed E-state index contributed by atoms with van der Waals surface area (Å²) in [6.45, 7) is 0. The van der Waals surface area contributed by atoms with Gasteiger partial charge in [-0.2, -0.15) is 0 Å². The monoisotopic (exact) mass is 272 g/mol. The van der Waals surface area contributed by atoms with Gasteiger partial charge in [-0.3, -0.25) is 4.79 Å². The van der Waals surface area contributed by atoms with Crippen molar-refractivity contribution in [3.8, 4) is 0 Å². The molecule has 0 atom stereocenters. The molecule has 2 aromatic heterocycles. The summed E-state index contributed by atoms with van der Waals surface area (Å²) in [5.41, 5.74) is 1.45. The Morgan fingerprint density at radius 3 is 3.17 bits per heavy atom. The van der Waals surface area contributed by atoms with E-state index in [1.165, 1.54) is 0 Å². The molecule has 0 aromatic carbocycles. The Labute approximate surface area is 82.3 Å². The largest absolute Gasteiger partial charge is 0.345 e. The number of nitrogens with zero attached hydrogens (tertiary/aromatic N) is 1. The lowest BCUT2D eigenvalue weighted by atomic mass is 10.2. The number of nitrogens with one attached hydrogen (secondary N) is 1. The predicted octanol–water partition coefficient (Wildman–Crippen LogP) is 2.14. The minimum Gasteiger partial charge on any atom is -0.345 e. The van der Waals surface area contributed by atoms with E-state index in [4.69, 9.17) is 0 Å².